The zero-order valence-electron chi connectivity index (χ0n) is 10.8. The zero-order valence-corrected chi connectivity index (χ0v) is 10.8. The molecule has 0 aromatic carbocycles. The molecule has 2 rings (SSSR count). The molecule has 0 saturated heterocycles. The first-order valence-corrected chi connectivity index (χ1v) is 6.57. The Morgan fingerprint density at radius 3 is 3.00 bits per heavy atom. The lowest BCUT2D eigenvalue weighted by molar-refractivity contribution is 0.100. The van der Waals surface area contributed by atoms with E-state index in [9.17, 15) is 5.11 Å². The highest BCUT2D eigenvalue weighted by Crippen LogP contribution is 2.24. The number of hydrogen-bond acceptors (Lipinski definition) is 2. The number of aliphatic hydroxyl groups excluding tert-OH is 1. The second-order valence-corrected chi connectivity index (χ2v) is 4.91. The Kier molecular flexibility index (Phi) is 4.00. The maximum Gasteiger partial charge on any atom is 0.0626 e. The van der Waals surface area contributed by atoms with Gasteiger partial charge in [-0.25, -0.2) is 0 Å². The molecule has 0 amide bonds. The van der Waals surface area contributed by atoms with E-state index in [4.69, 9.17) is 0 Å². The van der Waals surface area contributed by atoms with Gasteiger partial charge in [0, 0.05) is 18.7 Å². The first-order valence-electron chi connectivity index (χ1n) is 6.57. The Labute approximate surface area is 103 Å². The molecule has 0 bridgehead atoms. The molecule has 0 fully saturated rings. The van der Waals surface area contributed by atoms with Crippen LogP contribution in [-0.4, -0.2) is 21.0 Å². The van der Waals surface area contributed by atoms with Crippen LogP contribution in [0.25, 0.3) is 0 Å². The van der Waals surface area contributed by atoms with Gasteiger partial charge < -0.3 is 5.11 Å². The minimum absolute atomic E-state index is 0.235. The van der Waals surface area contributed by atoms with Crippen molar-refractivity contribution in [3.63, 3.8) is 0 Å². The molecule has 0 radical (unpaired) electrons. The predicted molar refractivity (Wildman–Crippen MR) is 68.8 cm³/mol. The number of allylic oxidation sites excluding steroid dienone is 2. The molecule has 17 heavy (non-hydrogen) atoms. The Morgan fingerprint density at radius 1 is 1.53 bits per heavy atom. The van der Waals surface area contributed by atoms with E-state index in [1.807, 2.05) is 11.6 Å². The highest BCUT2D eigenvalue weighted by atomic mass is 16.3. The summed E-state index contributed by atoms with van der Waals surface area (Å²) in [7, 11) is 0. The van der Waals surface area contributed by atoms with Gasteiger partial charge in [0.2, 0.25) is 0 Å². The minimum atomic E-state index is -0.235. The van der Waals surface area contributed by atoms with Crippen molar-refractivity contribution < 1.29 is 5.11 Å². The molecule has 1 aliphatic rings. The number of aliphatic hydroxyl groups is 1. The molecule has 3 nitrogen and oxygen atoms in total. The maximum atomic E-state index is 10.3. The quantitative estimate of drug-likeness (QED) is 0.813. The first kappa shape index (κ1) is 12.4. The summed E-state index contributed by atoms with van der Waals surface area (Å²) in [5.41, 5.74) is 2.20. The normalized spacial score (nSPS) is 21.7. The van der Waals surface area contributed by atoms with E-state index in [2.05, 4.69) is 30.2 Å². The zero-order chi connectivity index (χ0) is 12.3. The van der Waals surface area contributed by atoms with Crippen molar-refractivity contribution >= 4 is 0 Å². The van der Waals surface area contributed by atoms with Gasteiger partial charge in [-0.15, -0.1) is 0 Å². The number of nitrogens with zero attached hydrogens (tertiary/aromatic N) is 2. The molecular weight excluding hydrogens is 212 g/mol. The van der Waals surface area contributed by atoms with Crippen LogP contribution in [-0.2, 0) is 13.0 Å². The second-order valence-electron chi connectivity index (χ2n) is 4.91. The summed E-state index contributed by atoms with van der Waals surface area (Å²) in [5, 5.41) is 14.7. The molecule has 3 heteroatoms. The Morgan fingerprint density at radius 2 is 2.35 bits per heavy atom. The second kappa shape index (κ2) is 5.50. The summed E-state index contributed by atoms with van der Waals surface area (Å²) >= 11 is 0. The highest BCUT2D eigenvalue weighted by molar-refractivity contribution is 5.10. The van der Waals surface area contributed by atoms with Crippen molar-refractivity contribution in [2.75, 3.05) is 0 Å². The van der Waals surface area contributed by atoms with Gasteiger partial charge in [-0.2, -0.15) is 5.10 Å². The van der Waals surface area contributed by atoms with Gasteiger partial charge in [0.25, 0.3) is 0 Å². The molecule has 0 saturated carbocycles. The van der Waals surface area contributed by atoms with Gasteiger partial charge in [-0.1, -0.05) is 12.2 Å². The average molecular weight is 234 g/mol. The largest absolute Gasteiger partial charge is 0.392 e. The van der Waals surface area contributed by atoms with Crippen molar-refractivity contribution in [3.8, 4) is 0 Å². The molecule has 2 unspecified atom stereocenters. The van der Waals surface area contributed by atoms with E-state index in [1.165, 1.54) is 0 Å². The number of aromatic nitrogens is 2. The lowest BCUT2D eigenvalue weighted by atomic mass is 9.87. The molecular formula is C14H22N2O. The van der Waals surface area contributed by atoms with Crippen LogP contribution < -0.4 is 0 Å². The van der Waals surface area contributed by atoms with Crippen LogP contribution in [0.5, 0.6) is 0 Å². The summed E-state index contributed by atoms with van der Waals surface area (Å²) in [5.74, 6) is 0.417. The fraction of sp³-hybridized carbons (Fsp3) is 0.643. The van der Waals surface area contributed by atoms with E-state index >= 15 is 0 Å². The third-order valence-electron chi connectivity index (χ3n) is 3.56. The van der Waals surface area contributed by atoms with Crippen molar-refractivity contribution in [1.82, 2.24) is 9.78 Å². The van der Waals surface area contributed by atoms with E-state index in [0.717, 1.165) is 43.6 Å². The summed E-state index contributed by atoms with van der Waals surface area (Å²) in [6.45, 7) is 4.97. The number of aryl methyl sites for hydroxylation is 2. The summed E-state index contributed by atoms with van der Waals surface area (Å²) in [6.07, 6.45) is 8.13. The minimum Gasteiger partial charge on any atom is -0.392 e. The van der Waals surface area contributed by atoms with Crippen LogP contribution in [0.3, 0.4) is 0 Å². The van der Waals surface area contributed by atoms with E-state index in [-0.39, 0.29) is 6.10 Å². The number of rotatable bonds is 4. The molecule has 1 heterocycles. The van der Waals surface area contributed by atoms with Crippen LogP contribution in [0.1, 0.15) is 37.6 Å². The molecule has 2 atom stereocenters. The standard InChI is InChI=1S/C14H22N2O/c1-3-16-13(9-11(2)15-16)10-14(17)12-7-5-4-6-8-12/h4-5,9,12,14,17H,3,6-8,10H2,1-2H3. The van der Waals surface area contributed by atoms with Crippen LogP contribution in [0, 0.1) is 12.8 Å². The van der Waals surface area contributed by atoms with E-state index < -0.39 is 0 Å². The van der Waals surface area contributed by atoms with Gasteiger partial charge in [0.1, 0.15) is 0 Å². The van der Waals surface area contributed by atoms with Crippen LogP contribution >= 0.6 is 0 Å². The lowest BCUT2D eigenvalue weighted by Gasteiger charge is -2.23. The Balaban J connectivity index is 2.01. The maximum absolute atomic E-state index is 10.3. The Hall–Kier alpha value is -1.09. The highest BCUT2D eigenvalue weighted by Gasteiger charge is 2.21. The van der Waals surface area contributed by atoms with Crippen LogP contribution in [0.2, 0.25) is 0 Å². The molecule has 1 aliphatic carbocycles. The molecule has 1 N–H and O–H groups in total. The first-order chi connectivity index (χ1) is 8.20. The van der Waals surface area contributed by atoms with Crippen LogP contribution in [0.4, 0.5) is 0 Å². The van der Waals surface area contributed by atoms with E-state index in [0.29, 0.717) is 5.92 Å². The SMILES string of the molecule is CCn1nc(C)cc1CC(O)C1CC=CCC1. The molecule has 1 aromatic rings. The third kappa shape index (κ3) is 2.97. The van der Waals surface area contributed by atoms with Gasteiger partial charge in [0.15, 0.2) is 0 Å². The molecule has 94 valence electrons. The van der Waals surface area contributed by atoms with Crippen molar-refractivity contribution in [2.45, 2.75) is 52.2 Å². The van der Waals surface area contributed by atoms with Crippen molar-refractivity contribution in [2.24, 2.45) is 5.92 Å². The fourth-order valence-corrected chi connectivity index (χ4v) is 2.58. The average Bonchev–Trinajstić information content (AvgIpc) is 2.70. The van der Waals surface area contributed by atoms with Gasteiger partial charge in [-0.3, -0.25) is 4.68 Å². The summed E-state index contributed by atoms with van der Waals surface area (Å²) in [6, 6.07) is 2.09. The van der Waals surface area contributed by atoms with Gasteiger partial charge in [-0.05, 0) is 45.1 Å². The lowest BCUT2D eigenvalue weighted by Crippen LogP contribution is -2.25. The Bertz CT molecular complexity index is 395. The predicted octanol–water partition coefficient (Wildman–Crippen LogP) is 2.47. The summed E-state index contributed by atoms with van der Waals surface area (Å²) < 4.78 is 2.00. The van der Waals surface area contributed by atoms with Gasteiger partial charge in [0.05, 0.1) is 11.8 Å². The topological polar surface area (TPSA) is 38.0 Å². The van der Waals surface area contributed by atoms with Crippen LogP contribution in [0.15, 0.2) is 18.2 Å². The monoisotopic (exact) mass is 234 g/mol. The van der Waals surface area contributed by atoms with Crippen molar-refractivity contribution in [1.29, 1.82) is 0 Å². The number of hydrogen-bond donors (Lipinski definition) is 1. The smallest absolute Gasteiger partial charge is 0.0626 e. The van der Waals surface area contributed by atoms with Gasteiger partial charge >= 0.3 is 0 Å². The molecule has 0 aliphatic heterocycles. The fourth-order valence-electron chi connectivity index (χ4n) is 2.58. The third-order valence-corrected chi connectivity index (χ3v) is 3.56. The van der Waals surface area contributed by atoms with E-state index in [1.54, 1.807) is 0 Å². The summed E-state index contributed by atoms with van der Waals surface area (Å²) in [4.78, 5) is 0. The molecule has 0 spiro atoms. The molecule has 1 aromatic heterocycles. The van der Waals surface area contributed by atoms with Crippen molar-refractivity contribution in [3.05, 3.63) is 29.6 Å².